The number of fused-ring (bicyclic) bond motifs is 9. The highest BCUT2D eigenvalue weighted by atomic mass is 15.0. The van der Waals surface area contributed by atoms with Crippen molar-refractivity contribution in [3.8, 4) is 39.1 Å². The van der Waals surface area contributed by atoms with E-state index in [0.717, 1.165) is 11.0 Å². The van der Waals surface area contributed by atoms with Crippen LogP contribution in [-0.2, 0) is 0 Å². The van der Waals surface area contributed by atoms with E-state index in [1.54, 1.807) is 0 Å². The van der Waals surface area contributed by atoms with Crippen LogP contribution in [-0.4, -0.2) is 14.1 Å². The third kappa shape index (κ3) is 5.67. The van der Waals surface area contributed by atoms with Crippen molar-refractivity contribution in [2.75, 3.05) is 0 Å². The Morgan fingerprint density at radius 1 is 0.349 bits per heavy atom. The lowest BCUT2D eigenvalue weighted by atomic mass is 9.88. The summed E-state index contributed by atoms with van der Waals surface area (Å²) < 4.78 is 4.98. The second-order valence-electron chi connectivity index (χ2n) is 16.9. The fourth-order valence-corrected chi connectivity index (χ4v) is 10.5. The van der Waals surface area contributed by atoms with Gasteiger partial charge in [0.1, 0.15) is 0 Å². The molecule has 2 unspecified atom stereocenters. The SMILES string of the molecule is C1=CC(c2ccccc2)C(n2c3ccccc3c3cc(-c4ccc5[nH]c6ccc(-c7ccc8c(c7)c7ccccc7n8-c7ccccc7-c7ccccc7)cc6c5c4)ccc32)C=C1. The highest BCUT2D eigenvalue weighted by Crippen LogP contribution is 2.43. The van der Waals surface area contributed by atoms with Crippen molar-refractivity contribution in [1.82, 2.24) is 14.1 Å². The summed E-state index contributed by atoms with van der Waals surface area (Å²) in [6.45, 7) is 0. The molecule has 12 aromatic rings. The predicted octanol–water partition coefficient (Wildman–Crippen LogP) is 16.0. The number of aromatic amines is 1. The minimum atomic E-state index is 0.165. The number of benzene rings is 9. The summed E-state index contributed by atoms with van der Waals surface area (Å²) in [4.78, 5) is 3.72. The van der Waals surface area contributed by atoms with Gasteiger partial charge in [-0.05, 0) is 100 Å². The maximum Gasteiger partial charge on any atom is 0.0629 e. The van der Waals surface area contributed by atoms with Crippen molar-refractivity contribution >= 4 is 65.4 Å². The van der Waals surface area contributed by atoms with Crippen LogP contribution in [0.4, 0.5) is 0 Å². The molecule has 9 aromatic carbocycles. The van der Waals surface area contributed by atoms with Crippen LogP contribution < -0.4 is 0 Å². The lowest BCUT2D eigenvalue weighted by molar-refractivity contribution is 0.576. The van der Waals surface area contributed by atoms with E-state index in [1.165, 1.54) is 99.0 Å². The van der Waals surface area contributed by atoms with E-state index in [1.807, 2.05) is 0 Å². The molecule has 0 fully saturated rings. The van der Waals surface area contributed by atoms with Crippen molar-refractivity contribution in [2.45, 2.75) is 12.0 Å². The molecule has 63 heavy (non-hydrogen) atoms. The summed E-state index contributed by atoms with van der Waals surface area (Å²) in [5.41, 5.74) is 17.0. The first-order valence-electron chi connectivity index (χ1n) is 21.9. The molecule has 2 atom stereocenters. The summed E-state index contributed by atoms with van der Waals surface area (Å²) in [6, 6.07) is 76.0. The maximum absolute atomic E-state index is 3.72. The van der Waals surface area contributed by atoms with Gasteiger partial charge in [-0.2, -0.15) is 0 Å². The molecule has 1 aliphatic rings. The zero-order chi connectivity index (χ0) is 41.4. The van der Waals surface area contributed by atoms with Crippen LogP contribution >= 0.6 is 0 Å². The number of nitrogens with one attached hydrogen (secondary N) is 1. The minimum absolute atomic E-state index is 0.165. The Hall–Kier alpha value is -8.14. The Balaban J connectivity index is 0.910. The molecule has 0 radical (unpaired) electrons. The van der Waals surface area contributed by atoms with Crippen LogP contribution in [0.25, 0.3) is 104 Å². The zero-order valence-electron chi connectivity index (χ0n) is 34.5. The van der Waals surface area contributed by atoms with E-state index >= 15 is 0 Å². The molecular formula is C60H41N3. The molecule has 0 bridgehead atoms. The predicted molar refractivity (Wildman–Crippen MR) is 266 cm³/mol. The Labute approximate surface area is 365 Å². The lowest BCUT2D eigenvalue weighted by Gasteiger charge is -2.28. The highest BCUT2D eigenvalue weighted by molar-refractivity contribution is 6.13. The maximum atomic E-state index is 3.72. The third-order valence-electron chi connectivity index (χ3n) is 13.5. The molecule has 0 saturated heterocycles. The molecule has 1 aliphatic carbocycles. The van der Waals surface area contributed by atoms with Crippen LogP contribution in [0, 0.1) is 0 Å². The first kappa shape index (κ1) is 35.6. The Bertz CT molecular complexity index is 3800. The van der Waals surface area contributed by atoms with E-state index in [4.69, 9.17) is 0 Å². The molecule has 3 aromatic heterocycles. The fraction of sp³-hybridized carbons (Fsp3) is 0.0333. The molecule has 3 nitrogen and oxygen atoms in total. The average Bonchev–Trinajstić information content (AvgIpc) is 4.01. The van der Waals surface area contributed by atoms with E-state index in [2.05, 4.69) is 245 Å². The fourth-order valence-electron chi connectivity index (χ4n) is 10.5. The Morgan fingerprint density at radius 3 is 1.56 bits per heavy atom. The quantitative estimate of drug-likeness (QED) is 0.173. The molecule has 3 heterocycles. The molecule has 13 rings (SSSR count). The number of hydrogen-bond acceptors (Lipinski definition) is 0. The normalized spacial score (nSPS) is 15.2. The van der Waals surface area contributed by atoms with E-state index in [-0.39, 0.29) is 12.0 Å². The van der Waals surface area contributed by atoms with Gasteiger partial charge in [-0.1, -0.05) is 164 Å². The molecule has 1 N–H and O–H groups in total. The second-order valence-corrected chi connectivity index (χ2v) is 16.9. The van der Waals surface area contributed by atoms with Gasteiger partial charge in [0.2, 0.25) is 0 Å². The van der Waals surface area contributed by atoms with Gasteiger partial charge in [0.15, 0.2) is 0 Å². The largest absolute Gasteiger partial charge is 0.355 e. The number of aromatic nitrogens is 3. The van der Waals surface area contributed by atoms with Gasteiger partial charge in [-0.25, -0.2) is 0 Å². The van der Waals surface area contributed by atoms with Crippen molar-refractivity contribution in [2.24, 2.45) is 0 Å². The van der Waals surface area contributed by atoms with Gasteiger partial charge in [-0.15, -0.1) is 0 Å². The van der Waals surface area contributed by atoms with Gasteiger partial charge in [0.05, 0.1) is 22.8 Å². The summed E-state index contributed by atoms with van der Waals surface area (Å²) in [7, 11) is 0. The number of hydrogen-bond donors (Lipinski definition) is 1. The van der Waals surface area contributed by atoms with E-state index in [0.29, 0.717) is 0 Å². The van der Waals surface area contributed by atoms with Crippen molar-refractivity contribution < 1.29 is 0 Å². The number of nitrogens with zero attached hydrogens (tertiary/aromatic N) is 2. The second kappa shape index (κ2) is 14.2. The summed E-state index contributed by atoms with van der Waals surface area (Å²) in [6.07, 6.45) is 9.10. The molecular weight excluding hydrogens is 763 g/mol. The minimum Gasteiger partial charge on any atom is -0.355 e. The van der Waals surface area contributed by atoms with Crippen LogP contribution in [0.5, 0.6) is 0 Å². The van der Waals surface area contributed by atoms with Crippen LogP contribution in [0.1, 0.15) is 17.5 Å². The molecule has 0 amide bonds. The molecule has 3 heteroatoms. The van der Waals surface area contributed by atoms with Crippen LogP contribution in [0.3, 0.4) is 0 Å². The smallest absolute Gasteiger partial charge is 0.0629 e. The number of allylic oxidation sites excluding steroid dienone is 4. The van der Waals surface area contributed by atoms with Gasteiger partial charge in [0, 0.05) is 65.9 Å². The molecule has 0 saturated carbocycles. The van der Waals surface area contributed by atoms with Crippen molar-refractivity contribution in [1.29, 1.82) is 0 Å². The molecule has 0 spiro atoms. The van der Waals surface area contributed by atoms with E-state index in [9.17, 15) is 0 Å². The first-order chi connectivity index (χ1) is 31.2. The molecule has 0 aliphatic heterocycles. The first-order valence-corrected chi connectivity index (χ1v) is 21.9. The van der Waals surface area contributed by atoms with E-state index < -0.39 is 0 Å². The lowest BCUT2D eigenvalue weighted by Crippen LogP contribution is -2.16. The summed E-state index contributed by atoms with van der Waals surface area (Å²) >= 11 is 0. The standard InChI is InChI=1S/C60H41N3/c1-3-15-39(16-4-1)45-19-7-11-23-55(45)62-57-25-13-9-21-47(57)51-37-43(29-33-59(51)62)41-27-31-53-49(35-41)50-36-42(28-32-54(50)61-53)44-30-34-60-52(38-44)48-22-10-14-26-58(48)63(60)56-24-12-8-20-46(56)40-17-5-2-6-18-40/h1-38,45,55,61H. The summed E-state index contributed by atoms with van der Waals surface area (Å²) in [5.74, 6) is 0.244. The van der Waals surface area contributed by atoms with Crippen molar-refractivity contribution in [3.05, 3.63) is 236 Å². The van der Waals surface area contributed by atoms with Gasteiger partial charge in [-0.3, -0.25) is 0 Å². The average molecular weight is 804 g/mol. The number of H-pyrrole nitrogens is 1. The zero-order valence-corrected chi connectivity index (χ0v) is 34.5. The Morgan fingerprint density at radius 2 is 0.841 bits per heavy atom. The van der Waals surface area contributed by atoms with Gasteiger partial charge >= 0.3 is 0 Å². The highest BCUT2D eigenvalue weighted by Gasteiger charge is 2.26. The van der Waals surface area contributed by atoms with Crippen molar-refractivity contribution in [3.63, 3.8) is 0 Å². The topological polar surface area (TPSA) is 25.6 Å². The molecule has 296 valence electrons. The van der Waals surface area contributed by atoms with Gasteiger partial charge < -0.3 is 14.1 Å². The van der Waals surface area contributed by atoms with Crippen LogP contribution in [0.2, 0.25) is 0 Å². The third-order valence-corrected chi connectivity index (χ3v) is 13.5. The Kier molecular flexibility index (Phi) is 8.04. The number of para-hydroxylation sites is 3. The van der Waals surface area contributed by atoms with Gasteiger partial charge in [0.25, 0.3) is 0 Å². The summed E-state index contributed by atoms with van der Waals surface area (Å²) in [5, 5.41) is 7.51. The monoisotopic (exact) mass is 803 g/mol. The van der Waals surface area contributed by atoms with Crippen LogP contribution in [0.15, 0.2) is 231 Å². The number of rotatable bonds is 6.